The smallest absolute Gasteiger partial charge is 0.164 e. The zero-order valence-corrected chi connectivity index (χ0v) is 13.9. The molecule has 0 spiro atoms. The van der Waals surface area contributed by atoms with Gasteiger partial charge in [-0.05, 0) is 54.3 Å². The molecule has 0 radical (unpaired) electrons. The molecule has 0 saturated heterocycles. The number of rotatable bonds is 7. The molecule has 22 heavy (non-hydrogen) atoms. The van der Waals surface area contributed by atoms with E-state index in [-0.39, 0.29) is 5.78 Å². The fourth-order valence-electron chi connectivity index (χ4n) is 2.27. The van der Waals surface area contributed by atoms with Crippen molar-refractivity contribution in [1.82, 2.24) is 0 Å². The monoisotopic (exact) mass is 315 g/mol. The van der Waals surface area contributed by atoms with Crippen LogP contribution < -0.4 is 5.32 Å². The van der Waals surface area contributed by atoms with E-state index in [4.69, 9.17) is 11.6 Å². The van der Waals surface area contributed by atoms with E-state index in [1.165, 1.54) is 5.56 Å². The number of benzene rings is 2. The lowest BCUT2D eigenvalue weighted by Gasteiger charge is -2.11. The van der Waals surface area contributed by atoms with Crippen LogP contribution in [-0.2, 0) is 0 Å². The highest BCUT2D eigenvalue weighted by Crippen LogP contribution is 2.20. The summed E-state index contributed by atoms with van der Waals surface area (Å²) >= 11 is 5.82. The van der Waals surface area contributed by atoms with Crippen LogP contribution in [0.5, 0.6) is 0 Å². The molecule has 3 heteroatoms. The Morgan fingerprint density at radius 3 is 2.32 bits per heavy atom. The number of Topliss-reactive ketones (excluding diaryl/α,β-unsaturated/α-hetero) is 1. The van der Waals surface area contributed by atoms with Gasteiger partial charge in [-0.1, -0.05) is 37.6 Å². The molecule has 0 bridgehead atoms. The van der Waals surface area contributed by atoms with Crippen molar-refractivity contribution in [3.63, 3.8) is 0 Å². The molecule has 2 rings (SSSR count). The minimum absolute atomic E-state index is 0.125. The lowest BCUT2D eigenvalue weighted by atomic mass is 9.98. The fraction of sp³-hybridized carbons (Fsp3) is 0.316. The van der Waals surface area contributed by atoms with Crippen LogP contribution >= 0.6 is 11.6 Å². The van der Waals surface area contributed by atoms with Crippen LogP contribution in [0.25, 0.3) is 0 Å². The number of hydrogen-bond donors (Lipinski definition) is 1. The van der Waals surface area contributed by atoms with Crippen molar-refractivity contribution in [1.29, 1.82) is 0 Å². The lowest BCUT2D eigenvalue weighted by Crippen LogP contribution is -2.08. The summed E-state index contributed by atoms with van der Waals surface area (Å²) in [5, 5.41) is 3.94. The third-order valence-electron chi connectivity index (χ3n) is 3.94. The molecule has 0 aliphatic carbocycles. The normalized spacial score (nSPS) is 12.0. The highest BCUT2D eigenvalue weighted by molar-refractivity contribution is 6.30. The van der Waals surface area contributed by atoms with Gasteiger partial charge in [-0.25, -0.2) is 0 Å². The van der Waals surface area contributed by atoms with Crippen molar-refractivity contribution >= 4 is 23.1 Å². The van der Waals surface area contributed by atoms with Gasteiger partial charge in [-0.3, -0.25) is 4.79 Å². The van der Waals surface area contributed by atoms with Crippen molar-refractivity contribution in [3.8, 4) is 0 Å². The molecule has 0 aliphatic rings. The van der Waals surface area contributed by atoms with E-state index in [0.717, 1.165) is 12.1 Å². The van der Waals surface area contributed by atoms with Crippen molar-refractivity contribution < 1.29 is 4.79 Å². The van der Waals surface area contributed by atoms with Crippen LogP contribution in [0.3, 0.4) is 0 Å². The molecule has 0 amide bonds. The van der Waals surface area contributed by atoms with E-state index in [1.807, 2.05) is 0 Å². The van der Waals surface area contributed by atoms with Crippen molar-refractivity contribution in [2.24, 2.45) is 0 Å². The maximum atomic E-state index is 12.0. The molecule has 0 aromatic heterocycles. The van der Waals surface area contributed by atoms with Gasteiger partial charge < -0.3 is 5.32 Å². The number of carbonyl (C=O) groups excluding carboxylic acids is 1. The second kappa shape index (κ2) is 8.00. The minimum atomic E-state index is 0.125. The zero-order valence-electron chi connectivity index (χ0n) is 13.1. The first kappa shape index (κ1) is 16.6. The van der Waals surface area contributed by atoms with Gasteiger partial charge in [0.1, 0.15) is 0 Å². The molecule has 116 valence electrons. The Labute approximate surface area is 137 Å². The predicted molar refractivity (Wildman–Crippen MR) is 94.0 cm³/mol. The van der Waals surface area contributed by atoms with Crippen LogP contribution in [0.15, 0.2) is 48.5 Å². The van der Waals surface area contributed by atoms with Gasteiger partial charge in [0.05, 0.1) is 0 Å². The highest BCUT2D eigenvalue weighted by atomic mass is 35.5. The lowest BCUT2D eigenvalue weighted by molar-refractivity contribution is 0.0986. The van der Waals surface area contributed by atoms with Gasteiger partial charge in [0.15, 0.2) is 5.78 Å². The topological polar surface area (TPSA) is 29.1 Å². The Balaban J connectivity index is 1.83. The maximum absolute atomic E-state index is 12.0. The fourth-order valence-corrected chi connectivity index (χ4v) is 2.39. The van der Waals surface area contributed by atoms with Crippen LogP contribution in [-0.4, -0.2) is 12.3 Å². The molecule has 1 atom stereocenters. The summed E-state index contributed by atoms with van der Waals surface area (Å²) in [6.07, 6.45) is 1.61. The average Bonchev–Trinajstić information content (AvgIpc) is 2.55. The van der Waals surface area contributed by atoms with E-state index in [2.05, 4.69) is 43.4 Å². The number of carbonyl (C=O) groups is 1. The zero-order chi connectivity index (χ0) is 15.9. The quantitative estimate of drug-likeness (QED) is 0.680. The first-order chi connectivity index (χ1) is 10.6. The van der Waals surface area contributed by atoms with E-state index in [1.54, 1.807) is 24.3 Å². The van der Waals surface area contributed by atoms with Gasteiger partial charge in [-0.2, -0.15) is 0 Å². The molecule has 2 aromatic carbocycles. The molecule has 0 aliphatic heterocycles. The summed E-state index contributed by atoms with van der Waals surface area (Å²) in [5.41, 5.74) is 3.11. The molecule has 0 saturated carbocycles. The average molecular weight is 316 g/mol. The molecule has 0 fully saturated rings. The van der Waals surface area contributed by atoms with Crippen LogP contribution in [0, 0.1) is 0 Å². The number of nitrogens with one attached hydrogen (secondary N) is 1. The van der Waals surface area contributed by atoms with Gasteiger partial charge in [0.25, 0.3) is 0 Å². The van der Waals surface area contributed by atoms with Gasteiger partial charge in [-0.15, -0.1) is 0 Å². The molecule has 2 nitrogen and oxygen atoms in total. The van der Waals surface area contributed by atoms with Gasteiger partial charge in [0, 0.05) is 29.2 Å². The van der Waals surface area contributed by atoms with E-state index in [0.29, 0.717) is 29.5 Å². The minimum Gasteiger partial charge on any atom is -0.385 e. The summed E-state index contributed by atoms with van der Waals surface area (Å²) in [6.45, 7) is 5.05. The number of halogens is 1. The Morgan fingerprint density at radius 2 is 1.73 bits per heavy atom. The van der Waals surface area contributed by atoms with Gasteiger partial charge in [0.2, 0.25) is 0 Å². The molecule has 1 unspecified atom stereocenters. The summed E-state index contributed by atoms with van der Waals surface area (Å²) < 4.78 is 0. The maximum Gasteiger partial charge on any atom is 0.164 e. The van der Waals surface area contributed by atoms with E-state index in [9.17, 15) is 4.79 Å². The number of hydrogen-bond acceptors (Lipinski definition) is 2. The van der Waals surface area contributed by atoms with Crippen molar-refractivity contribution in [2.75, 3.05) is 11.9 Å². The summed E-state index contributed by atoms with van der Waals surface area (Å²) in [6, 6.07) is 15.5. The SMILES string of the molecule is CCC(C)c1ccc(NCCC(=O)c2ccc(Cl)cc2)cc1. The van der Waals surface area contributed by atoms with Crippen LogP contribution in [0.4, 0.5) is 5.69 Å². The third-order valence-corrected chi connectivity index (χ3v) is 4.19. The van der Waals surface area contributed by atoms with E-state index >= 15 is 0 Å². The molecule has 2 aromatic rings. The molecular weight excluding hydrogens is 294 g/mol. The predicted octanol–water partition coefficient (Wildman–Crippen LogP) is 5.54. The Hall–Kier alpha value is -1.80. The largest absolute Gasteiger partial charge is 0.385 e. The van der Waals surface area contributed by atoms with Crippen LogP contribution in [0.1, 0.15) is 48.5 Å². The Morgan fingerprint density at radius 1 is 1.09 bits per heavy atom. The standard InChI is InChI=1S/C19H22ClNO/c1-3-14(2)15-6-10-18(11-7-15)21-13-12-19(22)16-4-8-17(20)9-5-16/h4-11,14,21H,3,12-13H2,1-2H3. The summed E-state index contributed by atoms with van der Waals surface area (Å²) in [5.74, 6) is 0.709. The Kier molecular flexibility index (Phi) is 6.02. The second-order valence-corrected chi connectivity index (χ2v) is 5.97. The van der Waals surface area contributed by atoms with Crippen LogP contribution in [0.2, 0.25) is 5.02 Å². The van der Waals surface area contributed by atoms with Gasteiger partial charge >= 0.3 is 0 Å². The Bertz CT molecular complexity index is 604. The first-order valence-corrected chi connectivity index (χ1v) is 8.10. The van der Waals surface area contributed by atoms with Crippen molar-refractivity contribution in [2.45, 2.75) is 32.6 Å². The number of anilines is 1. The second-order valence-electron chi connectivity index (χ2n) is 5.54. The third kappa shape index (κ3) is 4.60. The van der Waals surface area contributed by atoms with E-state index < -0.39 is 0 Å². The van der Waals surface area contributed by atoms with Crippen molar-refractivity contribution in [3.05, 3.63) is 64.7 Å². The molecule has 0 heterocycles. The highest BCUT2D eigenvalue weighted by Gasteiger charge is 2.06. The summed E-state index contributed by atoms with van der Waals surface area (Å²) in [4.78, 5) is 12.0. The first-order valence-electron chi connectivity index (χ1n) is 7.72. The molecular formula is C19H22ClNO. The number of ketones is 1. The molecule has 1 N–H and O–H groups in total. The summed E-state index contributed by atoms with van der Waals surface area (Å²) in [7, 11) is 0.